The maximum absolute atomic E-state index is 12.5. The van der Waals surface area contributed by atoms with E-state index in [9.17, 15) is 13.2 Å². The van der Waals surface area contributed by atoms with Crippen molar-refractivity contribution in [1.82, 2.24) is 4.72 Å². The smallest absolute Gasteiger partial charge is 0.348 e. The molecule has 27 heavy (non-hydrogen) atoms. The summed E-state index contributed by atoms with van der Waals surface area (Å²) in [5.41, 5.74) is 1.79. The van der Waals surface area contributed by atoms with Gasteiger partial charge in [0.2, 0.25) is 10.0 Å². The Morgan fingerprint density at radius 2 is 2.00 bits per heavy atom. The normalized spacial score (nSPS) is 26.1. The molecule has 1 fully saturated rings. The largest absolute Gasteiger partial charge is 0.497 e. The van der Waals surface area contributed by atoms with Crippen molar-refractivity contribution in [2.24, 2.45) is 0 Å². The highest BCUT2D eigenvalue weighted by molar-refractivity contribution is 7.90. The van der Waals surface area contributed by atoms with Gasteiger partial charge < -0.3 is 9.47 Å². The quantitative estimate of drug-likeness (QED) is 0.625. The van der Waals surface area contributed by atoms with Crippen molar-refractivity contribution < 1.29 is 22.7 Å². The molecule has 2 aromatic rings. The van der Waals surface area contributed by atoms with Gasteiger partial charge in [0.25, 0.3) is 0 Å². The topological polar surface area (TPSA) is 81.7 Å². The van der Waals surface area contributed by atoms with E-state index in [4.69, 9.17) is 9.47 Å². The van der Waals surface area contributed by atoms with Crippen molar-refractivity contribution in [3.63, 3.8) is 0 Å². The fourth-order valence-corrected chi connectivity index (χ4v) is 5.76. The highest BCUT2D eigenvalue weighted by Crippen LogP contribution is 2.39. The Bertz CT molecular complexity index is 964. The van der Waals surface area contributed by atoms with Crippen LogP contribution in [0.4, 0.5) is 0 Å². The summed E-state index contributed by atoms with van der Waals surface area (Å²) in [5.74, 6) is 0.104. The molecule has 8 heteroatoms. The van der Waals surface area contributed by atoms with Gasteiger partial charge in [0.15, 0.2) is 0 Å². The molecule has 2 heterocycles. The minimum atomic E-state index is -3.41. The number of hydrogen-bond acceptors (Lipinski definition) is 6. The van der Waals surface area contributed by atoms with E-state index < -0.39 is 27.3 Å². The Morgan fingerprint density at radius 1 is 1.22 bits per heavy atom. The van der Waals surface area contributed by atoms with Gasteiger partial charge in [-0.05, 0) is 34.7 Å². The summed E-state index contributed by atoms with van der Waals surface area (Å²) in [4.78, 5) is 13.0. The summed E-state index contributed by atoms with van der Waals surface area (Å²) in [5, 5.41) is 1.16. The second kappa shape index (κ2) is 7.10. The first-order valence-electron chi connectivity index (χ1n) is 8.55. The molecule has 4 rings (SSSR count). The number of benzene rings is 1. The lowest BCUT2D eigenvalue weighted by atomic mass is 9.83. The predicted octanol–water partition coefficient (Wildman–Crippen LogP) is 2.70. The van der Waals surface area contributed by atoms with Crippen molar-refractivity contribution in [2.45, 2.75) is 23.7 Å². The first kappa shape index (κ1) is 18.2. The molecular weight excluding hydrogens is 386 g/mol. The van der Waals surface area contributed by atoms with Crippen LogP contribution in [0, 0.1) is 0 Å². The Morgan fingerprint density at radius 3 is 2.67 bits per heavy atom. The van der Waals surface area contributed by atoms with Crippen LogP contribution in [0.2, 0.25) is 0 Å². The van der Waals surface area contributed by atoms with Crippen molar-refractivity contribution in [2.75, 3.05) is 13.7 Å². The van der Waals surface area contributed by atoms with Crippen LogP contribution in [0.3, 0.4) is 0 Å². The number of hydrogen-bond donors (Lipinski definition) is 1. The molecular formula is C19H19NO5S2. The first-order chi connectivity index (χ1) is 13.0. The third-order valence-electron chi connectivity index (χ3n) is 4.99. The third-order valence-corrected chi connectivity index (χ3v) is 7.63. The number of rotatable bonds is 4. The van der Waals surface area contributed by atoms with Gasteiger partial charge in [0, 0.05) is 18.9 Å². The van der Waals surface area contributed by atoms with E-state index in [1.807, 2.05) is 35.7 Å². The van der Waals surface area contributed by atoms with Crippen LogP contribution in [-0.2, 0) is 14.8 Å². The van der Waals surface area contributed by atoms with Gasteiger partial charge in [-0.15, -0.1) is 11.3 Å². The molecule has 1 aliphatic heterocycles. The van der Waals surface area contributed by atoms with Crippen LogP contribution in [0.25, 0.3) is 0 Å². The number of methoxy groups -OCH3 is 1. The molecule has 1 aliphatic carbocycles. The number of nitrogens with one attached hydrogen (secondary N) is 1. The maximum atomic E-state index is 12.5. The number of ether oxygens (including phenoxy) is 2. The lowest BCUT2D eigenvalue weighted by Gasteiger charge is -2.32. The fourth-order valence-electron chi connectivity index (χ4n) is 3.59. The number of fused-ring (bicyclic) bond motifs is 1. The zero-order valence-electron chi connectivity index (χ0n) is 14.6. The molecule has 1 aromatic carbocycles. The van der Waals surface area contributed by atoms with E-state index >= 15 is 0 Å². The second-order valence-electron chi connectivity index (χ2n) is 6.55. The van der Waals surface area contributed by atoms with E-state index in [2.05, 4.69) is 4.72 Å². The number of carbonyl (C=O) groups is 1. The first-order valence-corrected chi connectivity index (χ1v) is 11.0. The van der Waals surface area contributed by atoms with Gasteiger partial charge in [0.1, 0.15) is 22.0 Å². The lowest BCUT2D eigenvalue weighted by Crippen LogP contribution is -2.36. The van der Waals surface area contributed by atoms with E-state index in [1.165, 1.54) is 11.3 Å². The van der Waals surface area contributed by atoms with E-state index in [1.54, 1.807) is 19.2 Å². The molecule has 3 atom stereocenters. The Balaban J connectivity index is 1.67. The maximum Gasteiger partial charge on any atom is 0.348 e. The van der Waals surface area contributed by atoms with Gasteiger partial charge in [0.05, 0.1) is 7.11 Å². The SMILES string of the molecule is COc1ccc([C@@H]2C=C3CNS(=O)(=O)[C@H]3C[C@H]2OC(=O)c2cccs2)cc1. The van der Waals surface area contributed by atoms with Gasteiger partial charge in [-0.25, -0.2) is 17.9 Å². The standard InChI is InChI=1S/C19H19NO5S2/c1-24-14-6-4-12(5-7-14)15-9-13-11-20-27(22,23)18(13)10-16(15)25-19(21)17-3-2-8-26-17/h2-9,15-16,18,20H,10-11H2,1H3/t15-,16+,18-/m0/s1. The minimum absolute atomic E-state index is 0.207. The van der Waals surface area contributed by atoms with Gasteiger partial charge >= 0.3 is 5.97 Å². The summed E-state index contributed by atoms with van der Waals surface area (Å²) in [6.07, 6.45) is 1.62. The van der Waals surface area contributed by atoms with Crippen molar-refractivity contribution in [1.29, 1.82) is 0 Å². The number of sulfonamides is 1. The molecule has 0 amide bonds. The van der Waals surface area contributed by atoms with Gasteiger partial charge in [-0.3, -0.25) is 0 Å². The average Bonchev–Trinajstić information content (AvgIpc) is 3.30. The molecule has 0 radical (unpaired) electrons. The Kier molecular flexibility index (Phi) is 4.79. The number of carbonyl (C=O) groups excluding carboxylic acids is 1. The molecule has 1 saturated heterocycles. The zero-order chi connectivity index (χ0) is 19.0. The molecule has 0 spiro atoms. The van der Waals surface area contributed by atoms with Crippen LogP contribution in [0.5, 0.6) is 5.75 Å². The molecule has 6 nitrogen and oxygen atoms in total. The summed E-state index contributed by atoms with van der Waals surface area (Å²) >= 11 is 1.30. The summed E-state index contributed by atoms with van der Waals surface area (Å²) in [7, 11) is -1.81. The highest BCUT2D eigenvalue weighted by atomic mass is 32.2. The molecule has 2 aliphatic rings. The highest BCUT2D eigenvalue weighted by Gasteiger charge is 2.44. The predicted molar refractivity (Wildman–Crippen MR) is 103 cm³/mol. The number of esters is 1. The Hall–Kier alpha value is -2.16. The van der Waals surface area contributed by atoms with Crippen LogP contribution < -0.4 is 9.46 Å². The van der Waals surface area contributed by atoms with E-state index in [-0.39, 0.29) is 12.3 Å². The monoisotopic (exact) mass is 405 g/mol. The zero-order valence-corrected chi connectivity index (χ0v) is 16.3. The van der Waals surface area contributed by atoms with Crippen molar-refractivity contribution in [3.8, 4) is 5.75 Å². The molecule has 1 aromatic heterocycles. The summed E-state index contributed by atoms with van der Waals surface area (Å²) in [6, 6.07) is 11.0. The number of thiophene rings is 1. The molecule has 0 unspecified atom stereocenters. The van der Waals surface area contributed by atoms with E-state index in [0.29, 0.717) is 11.4 Å². The summed E-state index contributed by atoms with van der Waals surface area (Å²) in [6.45, 7) is 0.311. The molecule has 142 valence electrons. The fraction of sp³-hybridized carbons (Fsp3) is 0.316. The van der Waals surface area contributed by atoms with E-state index in [0.717, 1.165) is 16.9 Å². The van der Waals surface area contributed by atoms with Crippen LogP contribution in [0.1, 0.15) is 27.6 Å². The van der Waals surface area contributed by atoms with Gasteiger partial charge in [-0.2, -0.15) is 0 Å². The second-order valence-corrected chi connectivity index (χ2v) is 9.45. The van der Waals surface area contributed by atoms with Crippen LogP contribution in [0.15, 0.2) is 53.4 Å². The molecule has 0 saturated carbocycles. The third kappa shape index (κ3) is 3.52. The van der Waals surface area contributed by atoms with Gasteiger partial charge in [-0.1, -0.05) is 24.3 Å². The minimum Gasteiger partial charge on any atom is -0.497 e. The summed E-state index contributed by atoms with van der Waals surface area (Å²) < 4.78 is 38.1. The van der Waals surface area contributed by atoms with Crippen LogP contribution in [-0.4, -0.2) is 39.4 Å². The molecule has 0 bridgehead atoms. The van der Waals surface area contributed by atoms with Crippen molar-refractivity contribution in [3.05, 3.63) is 63.9 Å². The lowest BCUT2D eigenvalue weighted by molar-refractivity contribution is 0.0243. The molecule has 1 N–H and O–H groups in total. The Labute approximate surface area is 161 Å². The average molecular weight is 405 g/mol. The van der Waals surface area contributed by atoms with Crippen LogP contribution >= 0.6 is 11.3 Å². The van der Waals surface area contributed by atoms with Crippen molar-refractivity contribution >= 4 is 27.3 Å².